The van der Waals surface area contributed by atoms with E-state index in [4.69, 9.17) is 9.15 Å². The van der Waals surface area contributed by atoms with E-state index >= 15 is 0 Å². The van der Waals surface area contributed by atoms with Crippen LogP contribution in [0.5, 0.6) is 5.88 Å². The summed E-state index contributed by atoms with van der Waals surface area (Å²) in [6, 6.07) is 1.51. The highest BCUT2D eigenvalue weighted by molar-refractivity contribution is 5.56. The second-order valence-corrected chi connectivity index (χ2v) is 4.30. The summed E-state index contributed by atoms with van der Waals surface area (Å²) in [6.07, 6.45) is 5.12. The maximum absolute atomic E-state index is 13.7. The average Bonchev–Trinajstić information content (AvgIpc) is 2.82. The van der Waals surface area contributed by atoms with Crippen LogP contribution in [0.25, 0.3) is 11.5 Å². The number of methoxy groups -OCH3 is 1. The fourth-order valence-electron chi connectivity index (χ4n) is 2.16. The Kier molecular flexibility index (Phi) is 2.74. The molecule has 4 nitrogen and oxygen atoms in total. The molecule has 0 atom stereocenters. The molecule has 2 aromatic rings. The maximum atomic E-state index is 13.7. The van der Waals surface area contributed by atoms with Crippen molar-refractivity contribution in [3.63, 3.8) is 0 Å². The number of oxazole rings is 1. The van der Waals surface area contributed by atoms with Crippen molar-refractivity contribution in [3.8, 4) is 17.3 Å². The second kappa shape index (κ2) is 4.40. The summed E-state index contributed by atoms with van der Waals surface area (Å²) >= 11 is 0. The van der Waals surface area contributed by atoms with Gasteiger partial charge in [-0.3, -0.25) is 0 Å². The first-order chi connectivity index (χ1) is 8.78. The monoisotopic (exact) mass is 248 g/mol. The quantitative estimate of drug-likeness (QED) is 0.819. The van der Waals surface area contributed by atoms with Crippen molar-refractivity contribution in [2.24, 2.45) is 0 Å². The van der Waals surface area contributed by atoms with Crippen LogP contribution in [0.3, 0.4) is 0 Å². The van der Waals surface area contributed by atoms with Gasteiger partial charge in [0.2, 0.25) is 11.8 Å². The van der Waals surface area contributed by atoms with Gasteiger partial charge in [-0.1, -0.05) is 0 Å². The standard InChI is InChI=1S/C13H13FN2O2/c1-17-12-6-8(9(14)7-15-12)13-16-10-4-2-3-5-11(10)18-13/h6-7H,2-5H2,1H3. The Morgan fingerprint density at radius 3 is 2.94 bits per heavy atom. The van der Waals surface area contributed by atoms with Crippen molar-refractivity contribution >= 4 is 0 Å². The number of halogens is 1. The summed E-state index contributed by atoms with van der Waals surface area (Å²) in [4.78, 5) is 8.17. The lowest BCUT2D eigenvalue weighted by molar-refractivity contribution is 0.395. The number of rotatable bonds is 2. The summed E-state index contributed by atoms with van der Waals surface area (Å²) in [7, 11) is 1.49. The highest BCUT2D eigenvalue weighted by atomic mass is 19.1. The molecule has 0 amide bonds. The van der Waals surface area contributed by atoms with Crippen molar-refractivity contribution in [1.82, 2.24) is 9.97 Å². The number of nitrogens with zero attached hydrogens (tertiary/aromatic N) is 2. The Morgan fingerprint density at radius 2 is 2.17 bits per heavy atom. The first-order valence-electron chi connectivity index (χ1n) is 5.96. The van der Waals surface area contributed by atoms with Crippen LogP contribution in [0.2, 0.25) is 0 Å². The molecule has 0 spiro atoms. The van der Waals surface area contributed by atoms with Gasteiger partial charge in [0.25, 0.3) is 0 Å². The number of aryl methyl sites for hydroxylation is 2. The summed E-state index contributed by atoms with van der Waals surface area (Å²) in [5.41, 5.74) is 1.25. The molecule has 0 aliphatic heterocycles. The van der Waals surface area contributed by atoms with E-state index in [2.05, 4.69) is 9.97 Å². The van der Waals surface area contributed by atoms with E-state index in [1.165, 1.54) is 13.2 Å². The Labute approximate surface area is 104 Å². The first kappa shape index (κ1) is 11.2. The molecule has 0 aromatic carbocycles. The summed E-state index contributed by atoms with van der Waals surface area (Å²) in [5, 5.41) is 0. The molecule has 2 heterocycles. The molecule has 0 fully saturated rings. The van der Waals surface area contributed by atoms with Crippen LogP contribution in [0.4, 0.5) is 4.39 Å². The van der Waals surface area contributed by atoms with Crippen molar-refractivity contribution in [3.05, 3.63) is 29.5 Å². The second-order valence-electron chi connectivity index (χ2n) is 4.30. The lowest BCUT2D eigenvalue weighted by Gasteiger charge is -2.05. The molecule has 94 valence electrons. The molecule has 1 aliphatic carbocycles. The molecule has 0 saturated carbocycles. The first-order valence-corrected chi connectivity index (χ1v) is 5.96. The van der Waals surface area contributed by atoms with Gasteiger partial charge in [0.05, 0.1) is 24.6 Å². The number of ether oxygens (including phenoxy) is 1. The SMILES string of the molecule is COc1cc(-c2nc3c(o2)CCCC3)c(F)cn1. The molecule has 18 heavy (non-hydrogen) atoms. The molecule has 0 bridgehead atoms. The number of aromatic nitrogens is 2. The Bertz CT molecular complexity index is 557. The van der Waals surface area contributed by atoms with Crippen LogP contribution in [0.15, 0.2) is 16.7 Å². The van der Waals surface area contributed by atoms with E-state index in [9.17, 15) is 4.39 Å². The number of hydrogen-bond acceptors (Lipinski definition) is 4. The Morgan fingerprint density at radius 1 is 1.33 bits per heavy atom. The lowest BCUT2D eigenvalue weighted by atomic mass is 10.0. The van der Waals surface area contributed by atoms with Gasteiger partial charge in [-0.15, -0.1) is 0 Å². The van der Waals surface area contributed by atoms with Crippen LogP contribution >= 0.6 is 0 Å². The molecule has 5 heteroatoms. The van der Waals surface area contributed by atoms with Gasteiger partial charge in [-0.2, -0.15) is 0 Å². The Balaban J connectivity index is 2.06. The van der Waals surface area contributed by atoms with Crippen LogP contribution in [-0.4, -0.2) is 17.1 Å². The van der Waals surface area contributed by atoms with Gasteiger partial charge in [-0.25, -0.2) is 14.4 Å². The molecule has 0 N–H and O–H groups in total. The minimum atomic E-state index is -0.450. The molecule has 2 aromatic heterocycles. The minimum absolute atomic E-state index is 0.302. The molecule has 1 aliphatic rings. The van der Waals surface area contributed by atoms with E-state index in [0.717, 1.165) is 43.3 Å². The van der Waals surface area contributed by atoms with Crippen molar-refractivity contribution in [1.29, 1.82) is 0 Å². The zero-order valence-electron chi connectivity index (χ0n) is 10.1. The molecular weight excluding hydrogens is 235 g/mol. The van der Waals surface area contributed by atoms with Gasteiger partial charge in [-0.05, 0) is 19.3 Å². The zero-order chi connectivity index (χ0) is 12.5. The van der Waals surface area contributed by atoms with E-state index in [1.807, 2.05) is 0 Å². The summed E-state index contributed by atoms with van der Waals surface area (Å²) < 4.78 is 24.4. The van der Waals surface area contributed by atoms with Crippen LogP contribution < -0.4 is 4.74 Å². The maximum Gasteiger partial charge on any atom is 0.229 e. The predicted molar refractivity (Wildman–Crippen MR) is 62.9 cm³/mol. The fourth-order valence-corrected chi connectivity index (χ4v) is 2.16. The zero-order valence-corrected chi connectivity index (χ0v) is 10.1. The topological polar surface area (TPSA) is 48.2 Å². The minimum Gasteiger partial charge on any atom is -0.481 e. The predicted octanol–water partition coefficient (Wildman–Crippen LogP) is 2.76. The third kappa shape index (κ3) is 1.85. The summed E-state index contributed by atoms with van der Waals surface area (Å²) in [5.74, 6) is 1.10. The molecule has 0 unspecified atom stereocenters. The van der Waals surface area contributed by atoms with Crippen LogP contribution in [0.1, 0.15) is 24.3 Å². The van der Waals surface area contributed by atoms with Crippen molar-refractivity contribution < 1.29 is 13.5 Å². The smallest absolute Gasteiger partial charge is 0.229 e. The lowest BCUT2D eigenvalue weighted by Crippen LogP contribution is -1.99. The third-order valence-corrected chi connectivity index (χ3v) is 3.12. The van der Waals surface area contributed by atoms with Crippen molar-refractivity contribution in [2.45, 2.75) is 25.7 Å². The van der Waals surface area contributed by atoms with E-state index in [-0.39, 0.29) is 0 Å². The third-order valence-electron chi connectivity index (χ3n) is 3.12. The number of fused-ring (bicyclic) bond motifs is 1. The van der Waals surface area contributed by atoms with Crippen molar-refractivity contribution in [2.75, 3.05) is 7.11 Å². The van der Waals surface area contributed by atoms with E-state index in [0.29, 0.717) is 17.3 Å². The molecule has 0 radical (unpaired) electrons. The highest BCUT2D eigenvalue weighted by Crippen LogP contribution is 2.29. The van der Waals surface area contributed by atoms with E-state index in [1.54, 1.807) is 0 Å². The van der Waals surface area contributed by atoms with Gasteiger partial charge >= 0.3 is 0 Å². The highest BCUT2D eigenvalue weighted by Gasteiger charge is 2.20. The largest absolute Gasteiger partial charge is 0.481 e. The average molecular weight is 248 g/mol. The normalized spacial score (nSPS) is 14.3. The fraction of sp³-hybridized carbons (Fsp3) is 0.385. The van der Waals surface area contributed by atoms with E-state index < -0.39 is 5.82 Å². The molecular formula is C13H13FN2O2. The Hall–Kier alpha value is -1.91. The molecule has 0 saturated heterocycles. The summed E-state index contributed by atoms with van der Waals surface area (Å²) in [6.45, 7) is 0. The number of pyridine rings is 1. The molecule has 3 rings (SSSR count). The van der Waals surface area contributed by atoms with Gasteiger partial charge in [0.1, 0.15) is 5.76 Å². The van der Waals surface area contributed by atoms with Crippen LogP contribution in [0, 0.1) is 5.82 Å². The number of hydrogen-bond donors (Lipinski definition) is 0. The van der Waals surface area contributed by atoms with Gasteiger partial charge in [0.15, 0.2) is 5.82 Å². The van der Waals surface area contributed by atoms with Gasteiger partial charge < -0.3 is 9.15 Å². The van der Waals surface area contributed by atoms with Crippen LogP contribution in [-0.2, 0) is 12.8 Å². The van der Waals surface area contributed by atoms with Gasteiger partial charge in [0, 0.05) is 12.5 Å².